The number of thioether (sulfide) groups is 1. The summed E-state index contributed by atoms with van der Waals surface area (Å²) in [6.45, 7) is 12.9. The third-order valence-electron chi connectivity index (χ3n) is 7.38. The minimum absolute atomic E-state index is 0.283. The molecule has 178 valence electrons. The van der Waals surface area contributed by atoms with E-state index in [1.807, 2.05) is 17.8 Å². The van der Waals surface area contributed by atoms with E-state index in [4.69, 9.17) is 0 Å². The molecule has 4 aromatic carbocycles. The summed E-state index contributed by atoms with van der Waals surface area (Å²) in [5, 5.41) is 0. The fourth-order valence-corrected chi connectivity index (χ4v) is 6.65. The Morgan fingerprint density at radius 2 is 1.17 bits per heavy atom. The SMILES string of the molecule is C=C/C=C1\C(=C)c2ccccc2C12c1ccccc1-c1ccccc12.CSc1ccccc1C(C)C. The summed E-state index contributed by atoms with van der Waals surface area (Å²) in [6, 6.07) is 34.8. The van der Waals surface area contributed by atoms with Gasteiger partial charge in [0.05, 0.1) is 5.41 Å². The molecule has 0 heterocycles. The molecule has 2 aliphatic rings. The van der Waals surface area contributed by atoms with Gasteiger partial charge in [-0.3, -0.25) is 0 Å². The van der Waals surface area contributed by atoms with Gasteiger partial charge >= 0.3 is 0 Å². The Hall–Kier alpha value is -3.55. The highest BCUT2D eigenvalue weighted by molar-refractivity contribution is 7.98. The molecule has 1 heteroatoms. The lowest BCUT2D eigenvalue weighted by molar-refractivity contribution is 0.795. The third kappa shape index (κ3) is 3.62. The van der Waals surface area contributed by atoms with Crippen molar-refractivity contribution in [1.82, 2.24) is 0 Å². The zero-order valence-electron chi connectivity index (χ0n) is 21.3. The van der Waals surface area contributed by atoms with E-state index in [9.17, 15) is 0 Å². The van der Waals surface area contributed by atoms with Crippen LogP contribution in [-0.4, -0.2) is 6.26 Å². The van der Waals surface area contributed by atoms with Crippen LogP contribution < -0.4 is 0 Å². The quantitative estimate of drug-likeness (QED) is 0.261. The van der Waals surface area contributed by atoms with Crippen molar-refractivity contribution < 1.29 is 0 Å². The van der Waals surface area contributed by atoms with Crippen LogP contribution in [-0.2, 0) is 5.41 Å². The Labute approximate surface area is 220 Å². The van der Waals surface area contributed by atoms with Gasteiger partial charge in [0, 0.05) is 4.90 Å². The Morgan fingerprint density at radius 1 is 0.694 bits per heavy atom. The fourth-order valence-electron chi connectivity index (χ4n) is 5.89. The summed E-state index contributed by atoms with van der Waals surface area (Å²) in [7, 11) is 0. The van der Waals surface area contributed by atoms with Crippen LogP contribution in [0, 0.1) is 0 Å². The molecule has 0 saturated heterocycles. The third-order valence-corrected chi connectivity index (χ3v) is 8.19. The first-order valence-electron chi connectivity index (χ1n) is 12.5. The Kier molecular flexibility index (Phi) is 6.60. The van der Waals surface area contributed by atoms with Crippen LogP contribution in [0.25, 0.3) is 16.7 Å². The van der Waals surface area contributed by atoms with E-state index in [1.54, 1.807) is 0 Å². The Balaban J connectivity index is 0.000000205. The van der Waals surface area contributed by atoms with Crippen LogP contribution in [0.5, 0.6) is 0 Å². The van der Waals surface area contributed by atoms with Crippen molar-refractivity contribution >= 4 is 17.3 Å². The molecule has 0 radical (unpaired) electrons. The van der Waals surface area contributed by atoms with E-state index in [-0.39, 0.29) is 5.41 Å². The lowest BCUT2D eigenvalue weighted by Crippen LogP contribution is -2.25. The first-order valence-corrected chi connectivity index (χ1v) is 13.7. The Bertz CT molecular complexity index is 1440. The maximum atomic E-state index is 4.44. The van der Waals surface area contributed by atoms with Crippen molar-refractivity contribution in [1.29, 1.82) is 0 Å². The van der Waals surface area contributed by atoms with E-state index >= 15 is 0 Å². The van der Waals surface area contributed by atoms with Gasteiger partial charge in [0.2, 0.25) is 0 Å². The van der Waals surface area contributed by atoms with Crippen molar-refractivity contribution in [3.05, 3.63) is 156 Å². The van der Waals surface area contributed by atoms with Crippen molar-refractivity contribution in [2.45, 2.75) is 30.1 Å². The molecule has 0 fully saturated rings. The highest BCUT2D eigenvalue weighted by atomic mass is 32.2. The molecular formula is C35H32S. The summed E-state index contributed by atoms with van der Waals surface area (Å²) >= 11 is 1.82. The lowest BCUT2D eigenvalue weighted by atomic mass is 9.70. The van der Waals surface area contributed by atoms with Crippen molar-refractivity contribution in [3.8, 4) is 11.1 Å². The van der Waals surface area contributed by atoms with Gasteiger partial charge in [0.25, 0.3) is 0 Å². The van der Waals surface area contributed by atoms with Crippen molar-refractivity contribution in [2.75, 3.05) is 6.26 Å². The average molecular weight is 485 g/mol. The van der Waals surface area contributed by atoms with Gasteiger partial charge in [-0.05, 0) is 68.3 Å². The normalized spacial score (nSPS) is 15.3. The molecule has 0 aliphatic heterocycles. The molecule has 0 bridgehead atoms. The maximum absolute atomic E-state index is 4.44. The number of fused-ring (bicyclic) bond motifs is 7. The second-order valence-electron chi connectivity index (χ2n) is 9.58. The predicted molar refractivity (Wildman–Crippen MR) is 158 cm³/mol. The molecule has 36 heavy (non-hydrogen) atoms. The molecule has 0 atom stereocenters. The predicted octanol–water partition coefficient (Wildman–Crippen LogP) is 9.67. The van der Waals surface area contributed by atoms with Gasteiger partial charge in [-0.2, -0.15) is 0 Å². The van der Waals surface area contributed by atoms with Gasteiger partial charge in [-0.25, -0.2) is 0 Å². The molecule has 0 N–H and O–H groups in total. The molecule has 0 unspecified atom stereocenters. The van der Waals surface area contributed by atoms with Crippen molar-refractivity contribution in [3.63, 3.8) is 0 Å². The standard InChI is InChI=1S/C25H18.C10H14S/c1-3-10-21-17(2)18-11-4-7-14-22(18)25(21)23-15-8-5-12-19(23)20-13-6-9-16-24(20)25;1-8(2)9-6-4-5-7-10(9)11-3/h3-16H,1-2H2;4-8H,1-3H3/b21-10+;. The topological polar surface area (TPSA) is 0 Å². The number of allylic oxidation sites excluding steroid dienone is 4. The van der Waals surface area contributed by atoms with Crippen LogP contribution in [0.3, 0.4) is 0 Å². The largest absolute Gasteiger partial charge is 0.129 e. The monoisotopic (exact) mass is 484 g/mol. The number of rotatable bonds is 3. The van der Waals surface area contributed by atoms with Crippen LogP contribution in [0.15, 0.2) is 133 Å². The summed E-state index contributed by atoms with van der Waals surface area (Å²) in [5.74, 6) is 0.638. The van der Waals surface area contributed by atoms with Gasteiger partial charge in [0.1, 0.15) is 0 Å². The summed E-state index contributed by atoms with van der Waals surface area (Å²) < 4.78 is 0. The summed E-state index contributed by atoms with van der Waals surface area (Å²) in [5.41, 5.74) is 11.4. The molecule has 4 aromatic rings. The molecule has 2 aliphatic carbocycles. The zero-order valence-corrected chi connectivity index (χ0v) is 22.1. The van der Waals surface area contributed by atoms with E-state index in [0.717, 1.165) is 5.57 Å². The lowest BCUT2D eigenvalue weighted by Gasteiger charge is -2.30. The molecule has 0 amide bonds. The van der Waals surface area contributed by atoms with E-state index in [1.165, 1.54) is 49.4 Å². The minimum atomic E-state index is -0.283. The Morgan fingerprint density at radius 3 is 1.67 bits per heavy atom. The van der Waals surface area contributed by atoms with E-state index < -0.39 is 0 Å². The smallest absolute Gasteiger partial charge is 0.0725 e. The fraction of sp³-hybridized carbons (Fsp3) is 0.143. The molecule has 1 spiro atoms. The van der Waals surface area contributed by atoms with Crippen LogP contribution in [0.2, 0.25) is 0 Å². The molecule has 0 saturated carbocycles. The number of hydrogen-bond donors (Lipinski definition) is 0. The highest BCUT2D eigenvalue weighted by Gasteiger charge is 2.52. The van der Waals surface area contributed by atoms with Crippen LogP contribution in [0.1, 0.15) is 47.6 Å². The van der Waals surface area contributed by atoms with Crippen LogP contribution >= 0.6 is 11.8 Å². The zero-order chi connectivity index (χ0) is 25.3. The first-order chi connectivity index (χ1) is 17.6. The van der Waals surface area contributed by atoms with E-state index in [2.05, 4.69) is 136 Å². The molecular weight excluding hydrogens is 452 g/mol. The molecule has 6 rings (SSSR count). The summed E-state index contributed by atoms with van der Waals surface area (Å²) in [4.78, 5) is 1.41. The van der Waals surface area contributed by atoms with Crippen molar-refractivity contribution in [2.24, 2.45) is 0 Å². The van der Waals surface area contributed by atoms with Gasteiger partial charge < -0.3 is 0 Å². The summed E-state index contributed by atoms with van der Waals surface area (Å²) in [6.07, 6.45) is 6.15. The van der Waals surface area contributed by atoms with Gasteiger partial charge in [-0.15, -0.1) is 11.8 Å². The first kappa shape index (κ1) is 24.2. The minimum Gasteiger partial charge on any atom is -0.129 e. The number of hydrogen-bond acceptors (Lipinski definition) is 1. The van der Waals surface area contributed by atoms with Gasteiger partial charge in [0.15, 0.2) is 0 Å². The number of benzene rings is 4. The van der Waals surface area contributed by atoms with Crippen LogP contribution in [0.4, 0.5) is 0 Å². The second-order valence-corrected chi connectivity index (χ2v) is 10.4. The van der Waals surface area contributed by atoms with E-state index in [0.29, 0.717) is 5.92 Å². The highest BCUT2D eigenvalue weighted by Crippen LogP contribution is 2.63. The average Bonchev–Trinajstić information content (AvgIpc) is 3.36. The molecule has 0 nitrogen and oxygen atoms in total. The van der Waals surface area contributed by atoms with Gasteiger partial charge in [-0.1, -0.05) is 130 Å². The maximum Gasteiger partial charge on any atom is 0.0725 e. The second kappa shape index (κ2) is 9.84. The molecule has 0 aromatic heterocycles.